The van der Waals surface area contributed by atoms with Crippen molar-refractivity contribution < 1.29 is 19.4 Å². The Morgan fingerprint density at radius 3 is 2.17 bits per heavy atom. The number of phenolic OH excluding ortho intramolecular Hbond substituents is 1. The number of nitrogens with two attached hydrogens (primary N) is 1. The molecule has 1 amide bonds. The van der Waals surface area contributed by atoms with Crippen LogP contribution >= 0.6 is 24.4 Å². The van der Waals surface area contributed by atoms with E-state index < -0.39 is 11.2 Å². The number of thioether (sulfide) groups is 1. The molecular weight excluding hydrogens is 406 g/mol. The first-order chi connectivity index (χ1) is 13.9. The van der Waals surface area contributed by atoms with Crippen molar-refractivity contribution in [2.75, 3.05) is 0 Å². The van der Waals surface area contributed by atoms with Gasteiger partial charge in [0.1, 0.15) is 16.7 Å². The van der Waals surface area contributed by atoms with Crippen LogP contribution in [0.4, 0.5) is 0 Å². The second kappa shape index (κ2) is 9.54. The van der Waals surface area contributed by atoms with Gasteiger partial charge in [-0.2, -0.15) is 0 Å². The largest absolute Gasteiger partial charge is 0.508 e. The van der Waals surface area contributed by atoms with Crippen LogP contribution in [0.2, 0.25) is 0 Å². The molecule has 3 rings (SSSR count). The van der Waals surface area contributed by atoms with E-state index in [1.165, 1.54) is 11.8 Å². The van der Waals surface area contributed by atoms with E-state index in [2.05, 4.69) is 12.6 Å². The maximum absolute atomic E-state index is 12.1. The van der Waals surface area contributed by atoms with Crippen LogP contribution in [0.25, 0.3) is 0 Å². The van der Waals surface area contributed by atoms with Crippen molar-refractivity contribution in [2.24, 2.45) is 5.73 Å². The van der Waals surface area contributed by atoms with Gasteiger partial charge in [-0.05, 0) is 59.7 Å². The van der Waals surface area contributed by atoms with Crippen LogP contribution in [-0.2, 0) is 16.0 Å². The predicted octanol–water partition coefficient (Wildman–Crippen LogP) is 4.15. The van der Waals surface area contributed by atoms with Gasteiger partial charge in [-0.25, -0.2) is 0 Å². The van der Waals surface area contributed by atoms with E-state index in [9.17, 15) is 14.7 Å². The zero-order valence-electron chi connectivity index (χ0n) is 15.3. The van der Waals surface area contributed by atoms with E-state index in [1.807, 2.05) is 0 Å². The van der Waals surface area contributed by atoms with Crippen molar-refractivity contribution in [1.82, 2.24) is 0 Å². The lowest BCUT2D eigenvalue weighted by atomic mass is 10.1. The molecule has 0 saturated carbocycles. The summed E-state index contributed by atoms with van der Waals surface area (Å²) in [6, 6.07) is 20.5. The Morgan fingerprint density at radius 2 is 1.59 bits per heavy atom. The van der Waals surface area contributed by atoms with Gasteiger partial charge in [-0.3, -0.25) is 9.59 Å². The molecule has 0 aliphatic carbocycles. The molecule has 3 aromatic carbocycles. The number of aromatic hydroxyl groups is 1. The molecule has 0 fully saturated rings. The zero-order valence-corrected chi connectivity index (χ0v) is 17.0. The zero-order chi connectivity index (χ0) is 20.8. The lowest BCUT2D eigenvalue weighted by molar-refractivity contribution is -0.133. The van der Waals surface area contributed by atoms with Crippen LogP contribution in [0.5, 0.6) is 11.5 Å². The van der Waals surface area contributed by atoms with Gasteiger partial charge in [0.05, 0.1) is 6.42 Å². The van der Waals surface area contributed by atoms with Gasteiger partial charge in [0.2, 0.25) is 5.91 Å². The molecular formula is C22H19NO4S2. The molecule has 3 N–H and O–H groups in total. The minimum absolute atomic E-state index is 0.106. The van der Waals surface area contributed by atoms with E-state index in [-0.39, 0.29) is 18.1 Å². The van der Waals surface area contributed by atoms with Crippen molar-refractivity contribution in [3.8, 4) is 11.5 Å². The maximum atomic E-state index is 12.1. The third-order valence-electron chi connectivity index (χ3n) is 4.05. The maximum Gasteiger partial charge on any atom is 0.315 e. The number of esters is 1. The van der Waals surface area contributed by atoms with Gasteiger partial charge >= 0.3 is 5.97 Å². The standard InChI is InChI=1S/C22H19NO4S2/c23-22(26)21(29-19-11-5-16(24)6-12-19)15-3-1-14(2-4-15)13-20(25)27-17-7-9-18(28)10-8-17/h1-12,21,24,28H,13H2,(H2,23,26). The van der Waals surface area contributed by atoms with E-state index in [4.69, 9.17) is 10.5 Å². The second-order valence-electron chi connectivity index (χ2n) is 6.28. The molecule has 29 heavy (non-hydrogen) atoms. The lowest BCUT2D eigenvalue weighted by Gasteiger charge is -2.14. The summed E-state index contributed by atoms with van der Waals surface area (Å²) in [5.74, 6) is -0.233. The third-order valence-corrected chi connectivity index (χ3v) is 5.63. The summed E-state index contributed by atoms with van der Waals surface area (Å²) >= 11 is 5.49. The summed E-state index contributed by atoms with van der Waals surface area (Å²) in [7, 11) is 0. The molecule has 0 radical (unpaired) electrons. The first-order valence-electron chi connectivity index (χ1n) is 8.74. The second-order valence-corrected chi connectivity index (χ2v) is 7.98. The van der Waals surface area contributed by atoms with E-state index in [1.54, 1.807) is 72.8 Å². The minimum Gasteiger partial charge on any atom is -0.508 e. The topological polar surface area (TPSA) is 89.6 Å². The van der Waals surface area contributed by atoms with Crippen molar-refractivity contribution in [3.05, 3.63) is 83.9 Å². The normalized spacial score (nSPS) is 11.6. The van der Waals surface area contributed by atoms with Crippen LogP contribution in [0, 0.1) is 0 Å². The van der Waals surface area contributed by atoms with Crippen molar-refractivity contribution in [2.45, 2.75) is 21.5 Å². The number of rotatable bonds is 7. The summed E-state index contributed by atoms with van der Waals surface area (Å²) in [5, 5.41) is 8.80. The van der Waals surface area contributed by atoms with Gasteiger partial charge in [0.15, 0.2) is 0 Å². The first-order valence-corrected chi connectivity index (χ1v) is 10.1. The number of primary amides is 1. The molecule has 1 atom stereocenters. The highest BCUT2D eigenvalue weighted by molar-refractivity contribution is 8.00. The molecule has 5 nitrogen and oxygen atoms in total. The molecule has 0 aliphatic rings. The Morgan fingerprint density at radius 1 is 0.966 bits per heavy atom. The van der Waals surface area contributed by atoms with Gasteiger partial charge in [0.25, 0.3) is 0 Å². The molecule has 0 aliphatic heterocycles. The number of ether oxygens (including phenoxy) is 1. The molecule has 7 heteroatoms. The number of thiol groups is 1. The average molecular weight is 426 g/mol. The van der Waals surface area contributed by atoms with Gasteiger partial charge in [-0.1, -0.05) is 24.3 Å². The highest BCUT2D eigenvalue weighted by Gasteiger charge is 2.19. The van der Waals surface area contributed by atoms with Crippen molar-refractivity contribution in [1.29, 1.82) is 0 Å². The number of benzene rings is 3. The van der Waals surface area contributed by atoms with Crippen LogP contribution in [-0.4, -0.2) is 17.0 Å². The predicted molar refractivity (Wildman–Crippen MR) is 115 cm³/mol. The number of hydrogen-bond donors (Lipinski definition) is 3. The monoisotopic (exact) mass is 425 g/mol. The number of carbonyl (C=O) groups excluding carboxylic acids is 2. The Bertz CT molecular complexity index is 987. The SMILES string of the molecule is NC(=O)C(Sc1ccc(O)cc1)c1ccc(CC(=O)Oc2ccc(S)cc2)cc1. The number of amides is 1. The smallest absolute Gasteiger partial charge is 0.315 e. The molecule has 3 aromatic rings. The average Bonchev–Trinajstić information content (AvgIpc) is 2.70. The minimum atomic E-state index is -0.583. The van der Waals surface area contributed by atoms with Gasteiger partial charge in [0, 0.05) is 9.79 Å². The quantitative estimate of drug-likeness (QED) is 0.229. The van der Waals surface area contributed by atoms with Gasteiger partial charge in [-0.15, -0.1) is 24.4 Å². The first kappa shape index (κ1) is 20.8. The highest BCUT2D eigenvalue weighted by Crippen LogP contribution is 2.35. The summed E-state index contributed by atoms with van der Waals surface area (Å²) in [5.41, 5.74) is 7.07. The molecule has 0 heterocycles. The molecule has 148 valence electrons. The number of carbonyl (C=O) groups is 2. The van der Waals surface area contributed by atoms with Crippen molar-refractivity contribution >= 4 is 36.3 Å². The number of phenols is 1. The molecule has 1 unspecified atom stereocenters. The lowest BCUT2D eigenvalue weighted by Crippen LogP contribution is -2.19. The fourth-order valence-corrected chi connectivity index (χ4v) is 3.73. The summed E-state index contributed by atoms with van der Waals surface area (Å²) in [4.78, 5) is 25.7. The van der Waals surface area contributed by atoms with E-state index in [0.717, 1.165) is 20.9 Å². The number of hydrogen-bond acceptors (Lipinski definition) is 6. The fraction of sp³-hybridized carbons (Fsp3) is 0.0909. The van der Waals surface area contributed by atoms with E-state index >= 15 is 0 Å². The summed E-state index contributed by atoms with van der Waals surface area (Å²) < 4.78 is 5.31. The van der Waals surface area contributed by atoms with Crippen LogP contribution in [0.15, 0.2) is 82.6 Å². The molecule has 0 spiro atoms. The molecule has 0 aromatic heterocycles. The molecule has 0 saturated heterocycles. The molecule has 0 bridgehead atoms. The Balaban J connectivity index is 1.65. The Labute approximate surface area is 178 Å². The summed E-state index contributed by atoms with van der Waals surface area (Å²) in [6.07, 6.45) is 0.106. The van der Waals surface area contributed by atoms with Crippen LogP contribution in [0.3, 0.4) is 0 Å². The third kappa shape index (κ3) is 6.04. The highest BCUT2D eigenvalue weighted by atomic mass is 32.2. The van der Waals surface area contributed by atoms with Crippen LogP contribution in [0.1, 0.15) is 16.4 Å². The Kier molecular flexibility index (Phi) is 6.85. The van der Waals surface area contributed by atoms with E-state index in [0.29, 0.717) is 5.75 Å². The van der Waals surface area contributed by atoms with Crippen LogP contribution < -0.4 is 10.5 Å². The van der Waals surface area contributed by atoms with Crippen molar-refractivity contribution in [3.63, 3.8) is 0 Å². The summed E-state index contributed by atoms with van der Waals surface area (Å²) in [6.45, 7) is 0. The van der Waals surface area contributed by atoms with Gasteiger partial charge < -0.3 is 15.6 Å². The fourth-order valence-electron chi connectivity index (χ4n) is 2.61. The Hall–Kier alpha value is -2.90.